The molecule has 2 aromatic rings. The Labute approximate surface area is 109 Å². The van der Waals surface area contributed by atoms with Crippen LogP contribution >= 0.6 is 11.3 Å². The molecule has 4 nitrogen and oxygen atoms in total. The van der Waals surface area contributed by atoms with E-state index in [1.54, 1.807) is 24.3 Å². The van der Waals surface area contributed by atoms with Crippen LogP contribution in [-0.4, -0.2) is 22.8 Å². The summed E-state index contributed by atoms with van der Waals surface area (Å²) >= 11 is 1.13. The smallest absolute Gasteiger partial charge is 0.272 e. The molecule has 0 spiro atoms. The van der Waals surface area contributed by atoms with Crippen LogP contribution in [-0.2, 0) is 4.79 Å². The second-order valence-electron chi connectivity index (χ2n) is 3.89. The van der Waals surface area contributed by atoms with Crippen molar-refractivity contribution in [2.45, 2.75) is 12.6 Å². The van der Waals surface area contributed by atoms with Gasteiger partial charge in [-0.15, -0.1) is 0 Å². The summed E-state index contributed by atoms with van der Waals surface area (Å²) in [5.41, 5.74) is -0.456. The van der Waals surface area contributed by atoms with Crippen molar-refractivity contribution in [1.82, 2.24) is 4.98 Å². The lowest BCUT2D eigenvalue weighted by Gasteiger charge is -2.05. The van der Waals surface area contributed by atoms with Crippen LogP contribution in [0.5, 0.6) is 0 Å². The van der Waals surface area contributed by atoms with Crippen molar-refractivity contribution < 1.29 is 18.0 Å². The van der Waals surface area contributed by atoms with Crippen LogP contribution in [0.4, 0.5) is 18.3 Å². The molecule has 19 heavy (non-hydrogen) atoms. The fourth-order valence-electron chi connectivity index (χ4n) is 1.69. The van der Waals surface area contributed by atoms with Gasteiger partial charge >= 0.3 is 6.18 Å². The monoisotopic (exact) mass is 285 g/mol. The minimum atomic E-state index is -4.58. The zero-order valence-electron chi connectivity index (χ0n) is 9.31. The number of nitrogens with zero attached hydrogens (tertiary/aromatic N) is 3. The third-order valence-electron chi connectivity index (χ3n) is 2.57. The molecule has 0 unspecified atom stereocenters. The van der Waals surface area contributed by atoms with Crippen LogP contribution in [0.25, 0.3) is 10.2 Å². The highest BCUT2D eigenvalue weighted by atomic mass is 32.1. The van der Waals surface area contributed by atoms with E-state index in [4.69, 9.17) is 0 Å². The van der Waals surface area contributed by atoms with E-state index in [0.29, 0.717) is 5.52 Å². The number of rotatable bonds is 1. The Hall–Kier alpha value is -1.96. The highest BCUT2D eigenvalue weighted by Gasteiger charge is 2.43. The molecule has 3 rings (SSSR count). The minimum Gasteiger partial charge on any atom is -0.272 e. The molecule has 98 valence electrons. The first-order valence-electron chi connectivity index (χ1n) is 5.28. The van der Waals surface area contributed by atoms with Gasteiger partial charge < -0.3 is 0 Å². The van der Waals surface area contributed by atoms with Crippen molar-refractivity contribution in [3.05, 3.63) is 24.3 Å². The van der Waals surface area contributed by atoms with E-state index in [1.807, 2.05) is 0 Å². The summed E-state index contributed by atoms with van der Waals surface area (Å²) in [5.74, 6) is -0.716. The molecule has 1 aliphatic heterocycles. The van der Waals surface area contributed by atoms with Gasteiger partial charge in [0, 0.05) is 0 Å². The lowest BCUT2D eigenvalue weighted by Crippen LogP contribution is -2.22. The van der Waals surface area contributed by atoms with Crippen molar-refractivity contribution in [3.63, 3.8) is 0 Å². The summed E-state index contributed by atoms with van der Waals surface area (Å²) in [4.78, 5) is 15.7. The summed E-state index contributed by atoms with van der Waals surface area (Å²) in [7, 11) is 0. The number of carbonyl (C=O) groups excluding carboxylic acids is 1. The second-order valence-corrected chi connectivity index (χ2v) is 4.90. The molecule has 0 atom stereocenters. The Bertz CT molecular complexity index is 659. The Kier molecular flexibility index (Phi) is 2.56. The number of fused-ring (bicyclic) bond motifs is 1. The van der Waals surface area contributed by atoms with Crippen LogP contribution in [0, 0.1) is 0 Å². The molecule has 8 heteroatoms. The van der Waals surface area contributed by atoms with Gasteiger partial charge in [-0.2, -0.15) is 23.3 Å². The average molecular weight is 285 g/mol. The van der Waals surface area contributed by atoms with E-state index in [9.17, 15) is 18.0 Å². The summed E-state index contributed by atoms with van der Waals surface area (Å²) in [5, 5.41) is 4.22. The zero-order chi connectivity index (χ0) is 13.6. The van der Waals surface area contributed by atoms with Gasteiger partial charge in [0.15, 0.2) is 5.71 Å². The normalized spacial score (nSPS) is 16.3. The minimum absolute atomic E-state index is 0.158. The van der Waals surface area contributed by atoms with E-state index in [2.05, 4.69) is 10.1 Å². The Morgan fingerprint density at radius 3 is 2.63 bits per heavy atom. The van der Waals surface area contributed by atoms with E-state index in [-0.39, 0.29) is 5.13 Å². The Morgan fingerprint density at radius 1 is 1.26 bits per heavy atom. The van der Waals surface area contributed by atoms with Crippen molar-refractivity contribution in [2.75, 3.05) is 5.01 Å². The van der Waals surface area contributed by atoms with Crippen molar-refractivity contribution >= 4 is 38.3 Å². The molecular formula is C11H6F3N3OS. The number of para-hydroxylation sites is 1. The molecular weight excluding hydrogens is 279 g/mol. The summed E-state index contributed by atoms with van der Waals surface area (Å²) < 4.78 is 38.3. The zero-order valence-corrected chi connectivity index (χ0v) is 10.1. The van der Waals surface area contributed by atoms with Crippen LogP contribution in [0.15, 0.2) is 29.4 Å². The highest BCUT2D eigenvalue weighted by molar-refractivity contribution is 7.22. The number of hydrazone groups is 1. The fourth-order valence-corrected chi connectivity index (χ4v) is 2.62. The predicted molar refractivity (Wildman–Crippen MR) is 65.2 cm³/mol. The van der Waals surface area contributed by atoms with E-state index < -0.39 is 24.2 Å². The standard InChI is InChI=1S/C11H6F3N3OS/c12-11(13,14)8-5-9(18)17(16-8)10-15-6-3-1-2-4-7(6)19-10/h1-4H,5H2. The molecule has 0 radical (unpaired) electrons. The Morgan fingerprint density at radius 2 is 2.00 bits per heavy atom. The Balaban J connectivity index is 2.02. The molecule has 0 saturated heterocycles. The molecule has 0 aliphatic carbocycles. The maximum Gasteiger partial charge on any atom is 0.431 e. The largest absolute Gasteiger partial charge is 0.431 e. The van der Waals surface area contributed by atoms with E-state index in [1.165, 1.54) is 0 Å². The van der Waals surface area contributed by atoms with Crippen molar-refractivity contribution in [1.29, 1.82) is 0 Å². The molecule has 1 aromatic carbocycles. The summed E-state index contributed by atoms with van der Waals surface area (Å²) in [6.07, 6.45) is -5.32. The lowest BCUT2D eigenvalue weighted by molar-refractivity contribution is -0.117. The molecule has 1 aromatic heterocycles. The number of thiazole rings is 1. The molecule has 0 saturated carbocycles. The summed E-state index contributed by atoms with van der Waals surface area (Å²) in [6.45, 7) is 0. The number of amides is 1. The van der Waals surface area contributed by atoms with Gasteiger partial charge in [0.2, 0.25) is 5.13 Å². The number of aromatic nitrogens is 1. The van der Waals surface area contributed by atoms with Gasteiger partial charge in [-0.05, 0) is 12.1 Å². The second kappa shape index (κ2) is 4.02. The third kappa shape index (κ3) is 2.07. The first-order valence-corrected chi connectivity index (χ1v) is 6.10. The molecule has 0 bridgehead atoms. The first-order chi connectivity index (χ1) is 8.95. The van der Waals surface area contributed by atoms with Crippen LogP contribution < -0.4 is 5.01 Å². The van der Waals surface area contributed by atoms with Gasteiger partial charge in [-0.1, -0.05) is 23.5 Å². The third-order valence-corrected chi connectivity index (χ3v) is 3.58. The fraction of sp³-hybridized carbons (Fsp3) is 0.182. The molecule has 0 N–H and O–H groups in total. The van der Waals surface area contributed by atoms with Crippen LogP contribution in [0.1, 0.15) is 6.42 Å². The van der Waals surface area contributed by atoms with Gasteiger partial charge in [-0.25, -0.2) is 4.98 Å². The predicted octanol–water partition coefficient (Wildman–Crippen LogP) is 2.95. The van der Waals surface area contributed by atoms with Gasteiger partial charge in [0.05, 0.1) is 16.6 Å². The van der Waals surface area contributed by atoms with Gasteiger partial charge in [-0.3, -0.25) is 4.79 Å². The van der Waals surface area contributed by atoms with E-state index in [0.717, 1.165) is 21.0 Å². The van der Waals surface area contributed by atoms with Crippen molar-refractivity contribution in [3.8, 4) is 0 Å². The molecule has 0 fully saturated rings. The first kappa shape index (κ1) is 12.1. The average Bonchev–Trinajstić information content (AvgIpc) is 2.90. The number of hydrogen-bond acceptors (Lipinski definition) is 4. The highest BCUT2D eigenvalue weighted by Crippen LogP contribution is 2.33. The quantitative estimate of drug-likeness (QED) is 0.808. The number of benzene rings is 1. The number of halogens is 3. The number of anilines is 1. The van der Waals surface area contributed by atoms with Gasteiger partial charge in [0.25, 0.3) is 5.91 Å². The van der Waals surface area contributed by atoms with E-state index >= 15 is 0 Å². The van der Waals surface area contributed by atoms with Gasteiger partial charge in [0.1, 0.15) is 0 Å². The lowest BCUT2D eigenvalue weighted by atomic mass is 10.3. The maximum absolute atomic E-state index is 12.5. The van der Waals surface area contributed by atoms with Crippen LogP contribution in [0.2, 0.25) is 0 Å². The summed E-state index contributed by atoms with van der Waals surface area (Å²) in [6, 6.07) is 7.07. The maximum atomic E-state index is 12.5. The van der Waals surface area contributed by atoms with Crippen molar-refractivity contribution in [2.24, 2.45) is 5.10 Å². The van der Waals surface area contributed by atoms with Crippen LogP contribution in [0.3, 0.4) is 0 Å². The molecule has 1 amide bonds. The molecule has 2 heterocycles. The SMILES string of the molecule is O=C1CC(C(F)(F)F)=NN1c1nc2ccccc2s1. The number of hydrogen-bond donors (Lipinski definition) is 0. The molecule has 1 aliphatic rings. The topological polar surface area (TPSA) is 45.6 Å². The number of carbonyl (C=O) groups is 1. The number of alkyl halides is 3.